The third-order valence-electron chi connectivity index (χ3n) is 2.24. The lowest BCUT2D eigenvalue weighted by molar-refractivity contribution is 0.100. The van der Waals surface area contributed by atoms with Gasteiger partial charge < -0.3 is 10.5 Å². The Morgan fingerprint density at radius 2 is 1.89 bits per heavy atom. The van der Waals surface area contributed by atoms with Crippen molar-refractivity contribution in [3.05, 3.63) is 57.5 Å². The number of hydrogen-bond acceptors (Lipinski definition) is 2. The molecule has 2 aromatic carbocycles. The van der Waals surface area contributed by atoms with Crippen LogP contribution in [0.3, 0.4) is 0 Å². The molecule has 0 aliphatic heterocycles. The smallest absolute Gasteiger partial charge is 0.250 e. The van der Waals surface area contributed by atoms with Crippen molar-refractivity contribution in [1.82, 2.24) is 0 Å². The van der Waals surface area contributed by atoms with Gasteiger partial charge in [0.2, 0.25) is 5.91 Å². The highest BCUT2D eigenvalue weighted by Gasteiger charge is 2.08. The first kappa shape index (κ1) is 12.9. The van der Waals surface area contributed by atoms with Crippen molar-refractivity contribution in [3.63, 3.8) is 0 Å². The summed E-state index contributed by atoms with van der Waals surface area (Å²) in [4.78, 5) is 11.0. The van der Waals surface area contributed by atoms with E-state index < -0.39 is 5.91 Å². The van der Waals surface area contributed by atoms with E-state index in [4.69, 9.17) is 22.1 Å². The van der Waals surface area contributed by atoms with Crippen LogP contribution in [-0.4, -0.2) is 5.91 Å². The lowest BCUT2D eigenvalue weighted by Crippen LogP contribution is -2.11. The molecule has 0 saturated heterocycles. The molecular formula is C13H9BrClNO2. The van der Waals surface area contributed by atoms with Crippen molar-refractivity contribution in [2.45, 2.75) is 0 Å². The summed E-state index contributed by atoms with van der Waals surface area (Å²) >= 11 is 9.29. The van der Waals surface area contributed by atoms with E-state index in [1.165, 1.54) is 6.07 Å². The number of benzene rings is 2. The number of halogens is 2. The van der Waals surface area contributed by atoms with Crippen LogP contribution in [-0.2, 0) is 0 Å². The molecule has 3 nitrogen and oxygen atoms in total. The van der Waals surface area contributed by atoms with E-state index in [9.17, 15) is 4.79 Å². The highest BCUT2D eigenvalue weighted by Crippen LogP contribution is 2.28. The second-order valence-corrected chi connectivity index (χ2v) is 4.89. The van der Waals surface area contributed by atoms with E-state index in [-0.39, 0.29) is 10.6 Å². The molecule has 0 aliphatic rings. The molecule has 0 fully saturated rings. The van der Waals surface area contributed by atoms with Crippen LogP contribution in [0.4, 0.5) is 0 Å². The van der Waals surface area contributed by atoms with Crippen LogP contribution < -0.4 is 10.5 Å². The Kier molecular flexibility index (Phi) is 3.89. The molecule has 0 atom stereocenters. The molecule has 18 heavy (non-hydrogen) atoms. The largest absolute Gasteiger partial charge is 0.457 e. The number of amides is 1. The number of ether oxygens (including phenoxy) is 1. The molecule has 0 spiro atoms. The normalized spacial score (nSPS) is 10.1. The van der Waals surface area contributed by atoms with Crippen molar-refractivity contribution in [2.75, 3.05) is 0 Å². The summed E-state index contributed by atoms with van der Waals surface area (Å²) in [6.07, 6.45) is 0. The van der Waals surface area contributed by atoms with Crippen molar-refractivity contribution in [2.24, 2.45) is 5.73 Å². The molecule has 0 aromatic heterocycles. The Balaban J connectivity index is 2.25. The van der Waals surface area contributed by atoms with E-state index in [1.807, 2.05) is 24.3 Å². The highest BCUT2D eigenvalue weighted by molar-refractivity contribution is 9.10. The maximum absolute atomic E-state index is 11.0. The number of carbonyl (C=O) groups excluding carboxylic acids is 1. The summed E-state index contributed by atoms with van der Waals surface area (Å²) in [5.41, 5.74) is 5.44. The van der Waals surface area contributed by atoms with E-state index in [0.29, 0.717) is 11.5 Å². The fraction of sp³-hybridized carbons (Fsp3) is 0. The zero-order chi connectivity index (χ0) is 13.1. The molecule has 5 heteroatoms. The van der Waals surface area contributed by atoms with E-state index in [1.54, 1.807) is 12.1 Å². The predicted molar refractivity (Wildman–Crippen MR) is 74.2 cm³/mol. The first-order valence-corrected chi connectivity index (χ1v) is 6.26. The molecular weight excluding hydrogens is 318 g/mol. The van der Waals surface area contributed by atoms with Gasteiger partial charge in [0.25, 0.3) is 0 Å². The summed E-state index contributed by atoms with van der Waals surface area (Å²) in [6, 6.07) is 12.2. The minimum Gasteiger partial charge on any atom is -0.457 e. The van der Waals surface area contributed by atoms with Crippen LogP contribution in [0.25, 0.3) is 0 Å². The molecule has 0 heterocycles. The van der Waals surface area contributed by atoms with Crippen molar-refractivity contribution < 1.29 is 9.53 Å². The van der Waals surface area contributed by atoms with Crippen LogP contribution in [0.5, 0.6) is 11.5 Å². The van der Waals surface area contributed by atoms with Crippen molar-refractivity contribution in [1.29, 1.82) is 0 Å². The lowest BCUT2D eigenvalue weighted by atomic mass is 10.2. The summed E-state index contributed by atoms with van der Waals surface area (Å²) < 4.78 is 6.52. The maximum Gasteiger partial charge on any atom is 0.250 e. The Morgan fingerprint density at radius 1 is 1.17 bits per heavy atom. The molecule has 0 bridgehead atoms. The van der Waals surface area contributed by atoms with E-state index in [0.717, 1.165) is 4.47 Å². The second kappa shape index (κ2) is 5.42. The molecule has 92 valence electrons. The number of rotatable bonds is 3. The first-order valence-electron chi connectivity index (χ1n) is 5.09. The zero-order valence-corrected chi connectivity index (χ0v) is 11.5. The summed E-state index contributed by atoms with van der Waals surface area (Å²) in [5.74, 6) is 0.657. The number of hydrogen-bond donors (Lipinski definition) is 1. The highest BCUT2D eigenvalue weighted by atomic mass is 79.9. The molecule has 2 N–H and O–H groups in total. The fourth-order valence-corrected chi connectivity index (χ4v) is 2.07. The van der Waals surface area contributed by atoms with Gasteiger partial charge in [-0.2, -0.15) is 0 Å². The van der Waals surface area contributed by atoms with Gasteiger partial charge in [0, 0.05) is 10.5 Å². The van der Waals surface area contributed by atoms with Crippen LogP contribution in [0.1, 0.15) is 10.4 Å². The van der Waals surface area contributed by atoms with Gasteiger partial charge in [-0.1, -0.05) is 33.6 Å². The minimum absolute atomic E-state index is 0.273. The van der Waals surface area contributed by atoms with Gasteiger partial charge in [-0.15, -0.1) is 0 Å². The van der Waals surface area contributed by atoms with Crippen LogP contribution in [0.2, 0.25) is 5.02 Å². The summed E-state index contributed by atoms with van der Waals surface area (Å²) in [6.45, 7) is 0. The van der Waals surface area contributed by atoms with Gasteiger partial charge in [-0.05, 0) is 30.3 Å². The van der Waals surface area contributed by atoms with Gasteiger partial charge >= 0.3 is 0 Å². The average molecular weight is 327 g/mol. The van der Waals surface area contributed by atoms with Crippen molar-refractivity contribution in [3.8, 4) is 11.5 Å². The molecule has 0 aliphatic carbocycles. The van der Waals surface area contributed by atoms with Crippen LogP contribution >= 0.6 is 27.5 Å². The Bertz CT molecular complexity index is 601. The van der Waals surface area contributed by atoms with Gasteiger partial charge in [0.05, 0.1) is 10.6 Å². The van der Waals surface area contributed by atoms with Gasteiger partial charge in [0.15, 0.2) is 0 Å². The van der Waals surface area contributed by atoms with Crippen molar-refractivity contribution >= 4 is 33.4 Å². The summed E-state index contributed by atoms with van der Waals surface area (Å²) in [5, 5.41) is 0.273. The summed E-state index contributed by atoms with van der Waals surface area (Å²) in [7, 11) is 0. The Labute approximate surface area is 118 Å². The van der Waals surface area contributed by atoms with Crippen LogP contribution in [0.15, 0.2) is 46.9 Å². The van der Waals surface area contributed by atoms with Gasteiger partial charge in [-0.25, -0.2) is 0 Å². The zero-order valence-electron chi connectivity index (χ0n) is 9.19. The van der Waals surface area contributed by atoms with Crippen LogP contribution in [0, 0.1) is 0 Å². The molecule has 2 aromatic rings. The topological polar surface area (TPSA) is 52.3 Å². The minimum atomic E-state index is -0.561. The number of carbonyl (C=O) groups is 1. The quantitative estimate of drug-likeness (QED) is 0.927. The number of nitrogens with two attached hydrogens (primary N) is 1. The Morgan fingerprint density at radius 3 is 2.50 bits per heavy atom. The lowest BCUT2D eigenvalue weighted by Gasteiger charge is -2.07. The standard InChI is InChI=1S/C13H9BrClNO2/c14-8-2-1-3-9(6-8)18-10-4-5-11(13(16)17)12(15)7-10/h1-7H,(H2,16,17). The monoisotopic (exact) mass is 325 g/mol. The number of primary amides is 1. The molecule has 1 amide bonds. The predicted octanol–water partition coefficient (Wildman–Crippen LogP) is 3.99. The Hall–Kier alpha value is -1.52. The second-order valence-electron chi connectivity index (χ2n) is 3.57. The van der Waals surface area contributed by atoms with E-state index >= 15 is 0 Å². The third kappa shape index (κ3) is 3.03. The van der Waals surface area contributed by atoms with E-state index in [2.05, 4.69) is 15.9 Å². The molecule has 0 radical (unpaired) electrons. The molecule has 0 saturated carbocycles. The maximum atomic E-state index is 11.0. The SMILES string of the molecule is NC(=O)c1ccc(Oc2cccc(Br)c2)cc1Cl. The average Bonchev–Trinajstić information content (AvgIpc) is 2.28. The first-order chi connectivity index (χ1) is 8.56. The molecule has 2 rings (SSSR count). The third-order valence-corrected chi connectivity index (χ3v) is 3.04. The van der Waals surface area contributed by atoms with Gasteiger partial charge in [0.1, 0.15) is 11.5 Å². The fourth-order valence-electron chi connectivity index (χ4n) is 1.43. The van der Waals surface area contributed by atoms with Gasteiger partial charge in [-0.3, -0.25) is 4.79 Å². The molecule has 0 unspecified atom stereocenters.